The van der Waals surface area contributed by atoms with Gasteiger partial charge in [-0.25, -0.2) is 4.79 Å². The molecule has 0 saturated carbocycles. The first-order chi connectivity index (χ1) is 9.88. The molecule has 1 aromatic carbocycles. The molecule has 1 unspecified atom stereocenters. The predicted octanol–water partition coefficient (Wildman–Crippen LogP) is 2.08. The summed E-state index contributed by atoms with van der Waals surface area (Å²) in [4.78, 5) is 16.2. The number of likely N-dealkylation sites (N-methyl/N-ethyl adjacent to an activating group) is 2. The first-order valence-corrected chi connectivity index (χ1v) is 7.36. The second kappa shape index (κ2) is 4.63. The third kappa shape index (κ3) is 1.91. The van der Waals surface area contributed by atoms with Crippen molar-refractivity contribution in [2.75, 3.05) is 32.6 Å². The van der Waals surface area contributed by atoms with Gasteiger partial charge in [0.05, 0.1) is 6.17 Å². The average molecular weight is 289 g/mol. The smallest absolute Gasteiger partial charge is 0.410 e. The minimum absolute atomic E-state index is 0.0906. The van der Waals surface area contributed by atoms with E-state index in [9.17, 15) is 4.79 Å². The van der Waals surface area contributed by atoms with Gasteiger partial charge in [0.15, 0.2) is 0 Å². The fourth-order valence-electron chi connectivity index (χ4n) is 3.96. The molecule has 1 amide bonds. The Labute approximate surface area is 125 Å². The Morgan fingerprint density at radius 3 is 2.81 bits per heavy atom. The highest BCUT2D eigenvalue weighted by Crippen LogP contribution is 2.52. The molecule has 0 bridgehead atoms. The molecule has 1 saturated heterocycles. The zero-order valence-electron chi connectivity index (χ0n) is 13.4. The van der Waals surface area contributed by atoms with E-state index in [1.165, 1.54) is 11.3 Å². The van der Waals surface area contributed by atoms with Crippen LogP contribution >= 0.6 is 0 Å². The van der Waals surface area contributed by atoms with Gasteiger partial charge in [-0.05, 0) is 43.7 Å². The van der Waals surface area contributed by atoms with Crippen molar-refractivity contribution in [2.24, 2.45) is 0 Å². The van der Waals surface area contributed by atoms with Crippen molar-refractivity contribution in [3.63, 3.8) is 0 Å². The molecule has 0 aromatic heterocycles. The maximum absolute atomic E-state index is 11.5. The number of nitrogens with one attached hydrogen (secondary N) is 1. The van der Waals surface area contributed by atoms with Crippen molar-refractivity contribution in [1.29, 1.82) is 0 Å². The number of ether oxygens (including phenoxy) is 1. The van der Waals surface area contributed by atoms with Crippen LogP contribution in [0.3, 0.4) is 0 Å². The van der Waals surface area contributed by atoms with Gasteiger partial charge in [0.1, 0.15) is 5.75 Å². The van der Waals surface area contributed by atoms with Gasteiger partial charge in [-0.3, -0.25) is 4.90 Å². The van der Waals surface area contributed by atoms with Crippen LogP contribution < -0.4 is 15.0 Å². The van der Waals surface area contributed by atoms with Gasteiger partial charge >= 0.3 is 6.09 Å². The van der Waals surface area contributed by atoms with Gasteiger partial charge in [-0.2, -0.15) is 0 Å². The molecule has 1 fully saturated rings. The molecule has 1 N–H and O–H groups in total. The normalized spacial score (nSPS) is 27.5. The molecular weight excluding hydrogens is 266 g/mol. The number of carbonyl (C=O) groups excluding carboxylic acids is 1. The Kier molecular flexibility index (Phi) is 3.13. The minimum Gasteiger partial charge on any atom is -0.410 e. The second-order valence-electron chi connectivity index (χ2n) is 6.41. The monoisotopic (exact) mass is 289 g/mol. The van der Waals surface area contributed by atoms with Crippen LogP contribution in [0, 0.1) is 6.92 Å². The Balaban J connectivity index is 2.07. The van der Waals surface area contributed by atoms with Crippen molar-refractivity contribution in [3.05, 3.63) is 23.3 Å². The topological polar surface area (TPSA) is 44.8 Å². The van der Waals surface area contributed by atoms with Crippen molar-refractivity contribution in [1.82, 2.24) is 10.2 Å². The molecule has 5 heteroatoms. The van der Waals surface area contributed by atoms with E-state index in [1.807, 2.05) is 6.92 Å². The van der Waals surface area contributed by atoms with E-state index in [0.717, 1.165) is 18.5 Å². The Bertz CT molecular complexity index is 601. The summed E-state index contributed by atoms with van der Waals surface area (Å²) in [6, 6.07) is 4.18. The van der Waals surface area contributed by atoms with Crippen LogP contribution in [-0.2, 0) is 5.41 Å². The first kappa shape index (κ1) is 14.2. The lowest BCUT2D eigenvalue weighted by molar-refractivity contribution is 0.202. The fourth-order valence-corrected chi connectivity index (χ4v) is 3.96. The Morgan fingerprint density at radius 1 is 1.43 bits per heavy atom. The molecule has 114 valence electrons. The summed E-state index contributed by atoms with van der Waals surface area (Å²) >= 11 is 0. The number of anilines is 1. The van der Waals surface area contributed by atoms with Gasteiger partial charge in [0.2, 0.25) is 0 Å². The average Bonchev–Trinajstić information content (AvgIpc) is 2.86. The molecule has 2 aliphatic rings. The van der Waals surface area contributed by atoms with E-state index in [-0.39, 0.29) is 5.41 Å². The van der Waals surface area contributed by atoms with Crippen LogP contribution in [-0.4, -0.2) is 44.8 Å². The van der Waals surface area contributed by atoms with Gasteiger partial charge in [0, 0.05) is 31.7 Å². The maximum Gasteiger partial charge on any atom is 0.412 e. The predicted molar refractivity (Wildman–Crippen MR) is 83.1 cm³/mol. The highest BCUT2D eigenvalue weighted by molar-refractivity contribution is 5.73. The summed E-state index contributed by atoms with van der Waals surface area (Å²) in [7, 11) is 5.89. The highest BCUT2D eigenvalue weighted by Gasteiger charge is 2.52. The molecule has 21 heavy (non-hydrogen) atoms. The van der Waals surface area contributed by atoms with E-state index < -0.39 is 6.09 Å². The number of hydrogen-bond donors (Lipinski definition) is 1. The third-order valence-electron chi connectivity index (χ3n) is 5.03. The number of likely N-dealkylation sites (tertiary alicyclic amines) is 1. The summed E-state index contributed by atoms with van der Waals surface area (Å²) in [6.45, 7) is 5.37. The highest BCUT2D eigenvalue weighted by atomic mass is 16.6. The number of hydrogen-bond acceptors (Lipinski definition) is 4. The fraction of sp³-hybridized carbons (Fsp3) is 0.562. The van der Waals surface area contributed by atoms with Crippen LogP contribution in [0.2, 0.25) is 0 Å². The first-order valence-electron chi connectivity index (χ1n) is 7.36. The lowest BCUT2D eigenvalue weighted by Gasteiger charge is -2.32. The molecule has 1 aromatic rings. The van der Waals surface area contributed by atoms with E-state index in [2.05, 4.69) is 48.3 Å². The molecule has 2 atom stereocenters. The molecule has 2 aliphatic heterocycles. The number of benzene rings is 1. The largest absolute Gasteiger partial charge is 0.412 e. The lowest BCUT2D eigenvalue weighted by atomic mass is 9.81. The number of rotatable bonds is 1. The van der Waals surface area contributed by atoms with E-state index in [1.54, 1.807) is 7.05 Å². The lowest BCUT2D eigenvalue weighted by Crippen LogP contribution is -2.45. The SMILES string of the molecule is CNC(=O)Oc1cc2c(cc1C)N(C)C1N(C)CC[C@@]21C. The zero-order chi connectivity index (χ0) is 15.4. The molecule has 2 heterocycles. The van der Waals surface area contributed by atoms with Crippen LogP contribution in [0.25, 0.3) is 0 Å². The number of carbonyl (C=O) groups is 1. The van der Waals surface area contributed by atoms with Gasteiger partial charge in [-0.15, -0.1) is 0 Å². The van der Waals surface area contributed by atoms with E-state index in [0.29, 0.717) is 11.9 Å². The summed E-state index contributed by atoms with van der Waals surface area (Å²) < 4.78 is 5.39. The van der Waals surface area contributed by atoms with Crippen LogP contribution in [0.15, 0.2) is 12.1 Å². The molecule has 3 rings (SSSR count). The number of fused-ring (bicyclic) bond motifs is 3. The van der Waals surface area contributed by atoms with Crippen LogP contribution in [0.4, 0.5) is 10.5 Å². The molecule has 0 aliphatic carbocycles. The summed E-state index contributed by atoms with van der Waals surface area (Å²) in [5.41, 5.74) is 3.60. The third-order valence-corrected chi connectivity index (χ3v) is 5.03. The van der Waals surface area contributed by atoms with Crippen molar-refractivity contribution in [3.8, 4) is 5.75 Å². The number of amides is 1. The molecule has 0 spiro atoms. The van der Waals surface area contributed by atoms with E-state index >= 15 is 0 Å². The van der Waals surface area contributed by atoms with Crippen molar-refractivity contribution >= 4 is 11.8 Å². The van der Waals surface area contributed by atoms with Gasteiger partial charge in [-0.1, -0.05) is 6.92 Å². The number of aryl methyl sites for hydroxylation is 1. The van der Waals surface area contributed by atoms with Crippen LogP contribution in [0.5, 0.6) is 5.75 Å². The van der Waals surface area contributed by atoms with Crippen LogP contribution in [0.1, 0.15) is 24.5 Å². The van der Waals surface area contributed by atoms with E-state index in [4.69, 9.17) is 4.74 Å². The molecular formula is C16H23N3O2. The summed E-state index contributed by atoms with van der Waals surface area (Å²) in [6.07, 6.45) is 1.07. The minimum atomic E-state index is -0.422. The van der Waals surface area contributed by atoms with Crippen molar-refractivity contribution in [2.45, 2.75) is 31.8 Å². The van der Waals surface area contributed by atoms with Gasteiger partial charge in [0.25, 0.3) is 0 Å². The summed E-state index contributed by atoms with van der Waals surface area (Å²) in [5.74, 6) is 0.651. The number of nitrogens with zero attached hydrogens (tertiary/aromatic N) is 2. The Morgan fingerprint density at radius 2 is 2.14 bits per heavy atom. The molecule has 0 radical (unpaired) electrons. The standard InChI is InChI=1S/C16H23N3O2/c1-10-8-12-11(9-13(10)21-15(20)17-3)16(2)6-7-18(4)14(16)19(12)5/h8-9,14H,6-7H2,1-5H3,(H,17,20)/t14?,16-/m0/s1. The van der Waals surface area contributed by atoms with Crippen molar-refractivity contribution < 1.29 is 9.53 Å². The Hall–Kier alpha value is -1.75. The maximum atomic E-state index is 11.5. The van der Waals surface area contributed by atoms with Gasteiger partial charge < -0.3 is 15.0 Å². The quantitative estimate of drug-likeness (QED) is 0.860. The second-order valence-corrected chi connectivity index (χ2v) is 6.41. The molecule has 5 nitrogen and oxygen atoms in total. The summed E-state index contributed by atoms with van der Waals surface area (Å²) in [5, 5.41) is 2.50. The zero-order valence-corrected chi connectivity index (χ0v) is 13.4.